The highest BCUT2D eigenvalue weighted by Crippen LogP contribution is 2.20. The Balaban J connectivity index is 2.36. The number of sulfone groups is 1. The first-order chi connectivity index (χ1) is 7.98. The molecule has 0 aromatic carbocycles. The van der Waals surface area contributed by atoms with Crippen LogP contribution in [0.25, 0.3) is 0 Å². The molecule has 1 aliphatic heterocycles. The first kappa shape index (κ1) is 14.6. The fourth-order valence-corrected chi connectivity index (χ4v) is 3.28. The van der Waals surface area contributed by atoms with Crippen LogP contribution < -0.4 is 5.73 Å². The molecule has 0 aromatic rings. The monoisotopic (exact) mass is 263 g/mol. The van der Waals surface area contributed by atoms with Gasteiger partial charge in [0.25, 0.3) is 0 Å². The topological polar surface area (TPSA) is 86.5 Å². The normalized spacial score (nSPS) is 25.1. The first-order valence-corrected chi connectivity index (χ1v) is 7.89. The van der Waals surface area contributed by atoms with Gasteiger partial charge >= 0.3 is 0 Å². The Morgan fingerprint density at radius 2 is 2.06 bits per heavy atom. The Hall–Kier alpha value is -0.460. The molecule has 0 bridgehead atoms. The summed E-state index contributed by atoms with van der Waals surface area (Å²) in [5.74, 6) is -0.0232. The summed E-state index contributed by atoms with van der Waals surface area (Å²) in [4.78, 5) is 11.7. The number of nitrogens with two attached hydrogens (primary N) is 1. The highest BCUT2D eigenvalue weighted by atomic mass is 32.2. The van der Waals surface area contributed by atoms with Crippen LogP contribution in [0.15, 0.2) is 0 Å². The lowest BCUT2D eigenvalue weighted by Gasteiger charge is -2.11. The highest BCUT2D eigenvalue weighted by molar-refractivity contribution is 7.91. The van der Waals surface area contributed by atoms with E-state index >= 15 is 0 Å². The Bertz CT molecular complexity index is 352. The second-order valence-corrected chi connectivity index (χ2v) is 6.73. The molecule has 1 heterocycles. The molecule has 2 unspecified atom stereocenters. The summed E-state index contributed by atoms with van der Waals surface area (Å²) in [5, 5.41) is 0. The molecular weight excluding hydrogens is 242 g/mol. The number of hydrogen-bond acceptors (Lipinski definition) is 5. The van der Waals surface area contributed by atoms with E-state index in [0.717, 1.165) is 6.42 Å². The van der Waals surface area contributed by atoms with Gasteiger partial charge in [0.1, 0.15) is 6.10 Å². The lowest BCUT2D eigenvalue weighted by atomic mass is 10.1. The van der Waals surface area contributed by atoms with Crippen molar-refractivity contribution in [2.75, 3.05) is 18.1 Å². The standard InChI is InChI=1S/C11H21NO4S/c1-2-6-17(14,15)7-5-10(13)11-4-3-9(8-12)16-11/h9,11H,2-8,12H2,1H3. The summed E-state index contributed by atoms with van der Waals surface area (Å²) in [6.45, 7) is 2.23. The zero-order valence-electron chi connectivity index (χ0n) is 10.2. The molecule has 1 fully saturated rings. The van der Waals surface area contributed by atoms with Gasteiger partial charge in [-0.05, 0) is 19.3 Å². The fraction of sp³-hybridized carbons (Fsp3) is 0.909. The summed E-state index contributed by atoms with van der Waals surface area (Å²) in [6, 6.07) is 0. The van der Waals surface area contributed by atoms with Crippen LogP contribution in [0.2, 0.25) is 0 Å². The van der Waals surface area contributed by atoms with Crippen LogP contribution in [0.1, 0.15) is 32.6 Å². The Labute approximate surface area is 103 Å². The van der Waals surface area contributed by atoms with Crippen LogP contribution in [-0.4, -0.2) is 44.5 Å². The van der Waals surface area contributed by atoms with E-state index in [2.05, 4.69) is 0 Å². The third-order valence-electron chi connectivity index (χ3n) is 2.90. The smallest absolute Gasteiger partial charge is 0.162 e. The molecule has 1 saturated heterocycles. The maximum Gasteiger partial charge on any atom is 0.162 e. The summed E-state index contributed by atoms with van der Waals surface area (Å²) < 4.78 is 28.3. The van der Waals surface area contributed by atoms with Gasteiger partial charge < -0.3 is 10.5 Å². The molecule has 0 aromatic heterocycles. The molecule has 0 aliphatic carbocycles. The van der Waals surface area contributed by atoms with Crippen molar-refractivity contribution in [3.05, 3.63) is 0 Å². The molecule has 100 valence electrons. The molecule has 2 N–H and O–H groups in total. The van der Waals surface area contributed by atoms with E-state index in [9.17, 15) is 13.2 Å². The van der Waals surface area contributed by atoms with E-state index in [1.807, 2.05) is 6.92 Å². The van der Waals surface area contributed by atoms with E-state index in [0.29, 0.717) is 19.4 Å². The van der Waals surface area contributed by atoms with Gasteiger partial charge in [-0.15, -0.1) is 0 Å². The molecule has 6 heteroatoms. The molecule has 0 amide bonds. The number of rotatable bonds is 7. The van der Waals surface area contributed by atoms with Gasteiger partial charge in [0.2, 0.25) is 0 Å². The lowest BCUT2D eigenvalue weighted by Crippen LogP contribution is -2.26. The van der Waals surface area contributed by atoms with Crippen molar-refractivity contribution >= 4 is 15.6 Å². The van der Waals surface area contributed by atoms with Crippen molar-refractivity contribution in [3.63, 3.8) is 0 Å². The highest BCUT2D eigenvalue weighted by Gasteiger charge is 2.30. The number of carbonyl (C=O) groups is 1. The number of Topliss-reactive ketones (excluding diaryl/α,β-unsaturated/α-hetero) is 1. The zero-order chi connectivity index (χ0) is 12.9. The van der Waals surface area contributed by atoms with Gasteiger partial charge in [0.15, 0.2) is 15.6 Å². The summed E-state index contributed by atoms with van der Waals surface area (Å²) >= 11 is 0. The molecule has 0 spiro atoms. The van der Waals surface area contributed by atoms with Gasteiger partial charge in [-0.25, -0.2) is 8.42 Å². The van der Waals surface area contributed by atoms with Gasteiger partial charge in [0, 0.05) is 18.7 Å². The van der Waals surface area contributed by atoms with Crippen LogP contribution >= 0.6 is 0 Å². The quantitative estimate of drug-likeness (QED) is 0.713. The van der Waals surface area contributed by atoms with Crippen molar-refractivity contribution in [2.45, 2.75) is 44.8 Å². The fourth-order valence-electron chi connectivity index (χ4n) is 1.95. The second-order valence-electron chi connectivity index (χ2n) is 4.43. The molecular formula is C11H21NO4S. The minimum absolute atomic E-state index is 0.0452. The van der Waals surface area contributed by atoms with Crippen LogP contribution in [0.5, 0.6) is 0 Å². The molecule has 0 radical (unpaired) electrons. The predicted octanol–water partition coefficient (Wildman–Crippen LogP) is 0.277. The first-order valence-electron chi connectivity index (χ1n) is 6.07. The van der Waals surface area contributed by atoms with Crippen molar-refractivity contribution in [1.82, 2.24) is 0 Å². The maximum absolute atomic E-state index is 11.7. The Morgan fingerprint density at radius 3 is 2.59 bits per heavy atom. The SMILES string of the molecule is CCCS(=O)(=O)CCC(=O)C1CCC(CN)O1. The average Bonchev–Trinajstić information content (AvgIpc) is 2.74. The number of carbonyl (C=O) groups excluding carboxylic acids is 1. The van der Waals surface area contributed by atoms with Gasteiger partial charge in [-0.2, -0.15) is 0 Å². The molecule has 0 saturated carbocycles. The predicted molar refractivity (Wildman–Crippen MR) is 65.5 cm³/mol. The van der Waals surface area contributed by atoms with Crippen molar-refractivity contribution in [2.24, 2.45) is 5.73 Å². The van der Waals surface area contributed by atoms with Gasteiger partial charge in [-0.1, -0.05) is 6.92 Å². The maximum atomic E-state index is 11.7. The van der Waals surface area contributed by atoms with Crippen molar-refractivity contribution in [1.29, 1.82) is 0 Å². The minimum Gasteiger partial charge on any atom is -0.366 e. The molecule has 1 aliphatic rings. The number of ketones is 1. The third kappa shape index (κ3) is 4.73. The molecule has 5 nitrogen and oxygen atoms in total. The number of hydrogen-bond donors (Lipinski definition) is 1. The van der Waals surface area contributed by atoms with Crippen LogP contribution in [0.3, 0.4) is 0 Å². The van der Waals surface area contributed by atoms with E-state index in [4.69, 9.17) is 10.5 Å². The average molecular weight is 263 g/mol. The Kier molecular flexibility index (Phi) is 5.55. The van der Waals surface area contributed by atoms with Crippen LogP contribution in [-0.2, 0) is 19.4 Å². The summed E-state index contributed by atoms with van der Waals surface area (Å²) in [5.41, 5.74) is 5.45. The molecule has 2 atom stereocenters. The second kappa shape index (κ2) is 6.47. The van der Waals surface area contributed by atoms with Crippen LogP contribution in [0, 0.1) is 0 Å². The van der Waals surface area contributed by atoms with Crippen molar-refractivity contribution < 1.29 is 17.9 Å². The molecule has 1 rings (SSSR count). The largest absolute Gasteiger partial charge is 0.366 e. The van der Waals surface area contributed by atoms with E-state index in [-0.39, 0.29) is 29.8 Å². The van der Waals surface area contributed by atoms with Crippen molar-refractivity contribution in [3.8, 4) is 0 Å². The van der Waals surface area contributed by atoms with Gasteiger partial charge in [-0.3, -0.25) is 4.79 Å². The Morgan fingerprint density at radius 1 is 1.35 bits per heavy atom. The number of ether oxygens (including phenoxy) is 1. The zero-order valence-corrected chi connectivity index (χ0v) is 11.0. The summed E-state index contributed by atoms with van der Waals surface area (Å²) in [7, 11) is -3.08. The van der Waals surface area contributed by atoms with E-state index in [1.54, 1.807) is 0 Å². The van der Waals surface area contributed by atoms with E-state index in [1.165, 1.54) is 0 Å². The third-order valence-corrected chi connectivity index (χ3v) is 4.76. The molecule has 17 heavy (non-hydrogen) atoms. The lowest BCUT2D eigenvalue weighted by molar-refractivity contribution is -0.129. The van der Waals surface area contributed by atoms with Crippen LogP contribution in [0.4, 0.5) is 0 Å². The van der Waals surface area contributed by atoms with E-state index < -0.39 is 15.9 Å². The summed E-state index contributed by atoms with van der Waals surface area (Å²) in [6.07, 6.45) is 1.61. The van der Waals surface area contributed by atoms with Gasteiger partial charge in [0.05, 0.1) is 11.9 Å². The minimum atomic E-state index is -3.08.